The Labute approximate surface area is 177 Å². The van der Waals surface area contributed by atoms with Crippen molar-refractivity contribution >= 4 is 17.5 Å². The summed E-state index contributed by atoms with van der Waals surface area (Å²) in [4.78, 5) is 31.3. The van der Waals surface area contributed by atoms with Crippen LogP contribution in [0.15, 0.2) is 36.5 Å². The number of Topliss-reactive ketones (excluding diaryl/α,β-unsaturated/α-hetero) is 1. The number of ether oxygens (including phenoxy) is 2. The third-order valence-corrected chi connectivity index (χ3v) is 4.95. The molecule has 0 N–H and O–H groups in total. The average molecular weight is 437 g/mol. The van der Waals surface area contributed by atoms with Gasteiger partial charge in [0.05, 0.1) is 12.7 Å². The number of methoxy groups -OCH3 is 1. The van der Waals surface area contributed by atoms with E-state index in [1.165, 1.54) is 20.1 Å². The summed E-state index contributed by atoms with van der Waals surface area (Å²) in [6.07, 6.45) is -3.61. The Balaban J connectivity index is 1.53. The topological polar surface area (TPSA) is 72.0 Å². The molecule has 10 heteroatoms. The van der Waals surface area contributed by atoms with E-state index >= 15 is 0 Å². The molecular formula is C21H22F3N3O4. The van der Waals surface area contributed by atoms with E-state index in [0.29, 0.717) is 49.1 Å². The Morgan fingerprint density at radius 3 is 2.32 bits per heavy atom. The predicted octanol–water partition coefficient (Wildman–Crippen LogP) is 3.04. The molecule has 166 valence electrons. The van der Waals surface area contributed by atoms with Crippen LogP contribution in [-0.4, -0.2) is 61.5 Å². The molecule has 1 aromatic carbocycles. The molecule has 0 aliphatic carbocycles. The van der Waals surface area contributed by atoms with Gasteiger partial charge in [0.25, 0.3) is 5.91 Å². The molecule has 0 radical (unpaired) electrons. The van der Waals surface area contributed by atoms with Crippen LogP contribution < -0.4 is 14.4 Å². The van der Waals surface area contributed by atoms with Crippen molar-refractivity contribution in [2.45, 2.75) is 13.1 Å². The highest BCUT2D eigenvalue weighted by Gasteiger charge is 2.31. The molecule has 1 amide bonds. The van der Waals surface area contributed by atoms with Gasteiger partial charge in [-0.1, -0.05) is 0 Å². The van der Waals surface area contributed by atoms with E-state index in [-0.39, 0.29) is 18.3 Å². The molecule has 0 unspecified atom stereocenters. The molecule has 0 bridgehead atoms. The highest BCUT2D eigenvalue weighted by Crippen LogP contribution is 2.30. The lowest BCUT2D eigenvalue weighted by atomic mass is 10.1. The Bertz CT molecular complexity index is 940. The number of amides is 1. The largest absolute Gasteiger partial charge is 0.493 e. The first-order valence-corrected chi connectivity index (χ1v) is 9.57. The van der Waals surface area contributed by atoms with E-state index in [4.69, 9.17) is 9.47 Å². The quantitative estimate of drug-likeness (QED) is 0.647. The number of carbonyl (C=O) groups excluding carboxylic acids is 2. The second-order valence-electron chi connectivity index (χ2n) is 6.98. The van der Waals surface area contributed by atoms with Gasteiger partial charge in [-0.2, -0.15) is 13.2 Å². The van der Waals surface area contributed by atoms with Crippen molar-refractivity contribution in [3.05, 3.63) is 47.7 Å². The van der Waals surface area contributed by atoms with E-state index in [1.54, 1.807) is 23.1 Å². The number of ketones is 1. The van der Waals surface area contributed by atoms with Crippen LogP contribution in [0.3, 0.4) is 0 Å². The lowest BCUT2D eigenvalue weighted by Gasteiger charge is -2.35. The van der Waals surface area contributed by atoms with Crippen LogP contribution in [0.25, 0.3) is 0 Å². The number of rotatable bonds is 6. The van der Waals surface area contributed by atoms with E-state index in [9.17, 15) is 22.8 Å². The summed E-state index contributed by atoms with van der Waals surface area (Å²) in [6, 6.07) is 7.06. The van der Waals surface area contributed by atoms with Crippen LogP contribution in [0.1, 0.15) is 22.8 Å². The molecule has 1 aromatic heterocycles. The molecule has 1 aliphatic heterocycles. The number of pyridine rings is 1. The maximum absolute atomic E-state index is 12.7. The Kier molecular flexibility index (Phi) is 6.67. The molecule has 0 saturated carbocycles. The minimum atomic E-state index is -4.42. The van der Waals surface area contributed by atoms with E-state index in [0.717, 1.165) is 12.3 Å². The number of hydrogen-bond donors (Lipinski definition) is 0. The van der Waals surface area contributed by atoms with E-state index in [1.807, 2.05) is 4.90 Å². The number of hydrogen-bond acceptors (Lipinski definition) is 6. The van der Waals surface area contributed by atoms with Gasteiger partial charge >= 0.3 is 6.18 Å². The maximum Gasteiger partial charge on any atom is 0.417 e. The number of carbonyl (C=O) groups is 2. The van der Waals surface area contributed by atoms with Crippen molar-refractivity contribution in [1.82, 2.24) is 9.88 Å². The normalized spacial score (nSPS) is 14.4. The molecule has 7 nitrogen and oxygen atoms in total. The van der Waals surface area contributed by atoms with Crippen LogP contribution in [0.4, 0.5) is 19.0 Å². The summed E-state index contributed by atoms with van der Waals surface area (Å²) >= 11 is 0. The number of benzene rings is 1. The van der Waals surface area contributed by atoms with Gasteiger partial charge in [-0.25, -0.2) is 4.98 Å². The molecule has 3 rings (SSSR count). The first-order valence-electron chi connectivity index (χ1n) is 9.57. The second kappa shape index (κ2) is 9.23. The minimum absolute atomic E-state index is 0.110. The predicted molar refractivity (Wildman–Crippen MR) is 107 cm³/mol. The molecule has 2 aromatic rings. The Hall–Kier alpha value is -3.30. The average Bonchev–Trinajstić information content (AvgIpc) is 2.76. The van der Waals surface area contributed by atoms with Gasteiger partial charge < -0.3 is 19.3 Å². The van der Waals surface area contributed by atoms with Gasteiger partial charge in [0.15, 0.2) is 23.9 Å². The van der Waals surface area contributed by atoms with Crippen LogP contribution in [-0.2, 0) is 11.0 Å². The van der Waals surface area contributed by atoms with Gasteiger partial charge in [-0.3, -0.25) is 9.59 Å². The maximum atomic E-state index is 12.7. The van der Waals surface area contributed by atoms with E-state index in [2.05, 4.69) is 4.98 Å². The third-order valence-electron chi connectivity index (χ3n) is 4.95. The van der Waals surface area contributed by atoms with Gasteiger partial charge in [-0.05, 0) is 37.3 Å². The molecule has 0 atom stereocenters. The first kappa shape index (κ1) is 22.4. The van der Waals surface area contributed by atoms with Gasteiger partial charge in [0.2, 0.25) is 0 Å². The summed E-state index contributed by atoms with van der Waals surface area (Å²) in [5, 5.41) is 0. The van der Waals surface area contributed by atoms with Gasteiger partial charge in [0.1, 0.15) is 5.82 Å². The summed E-state index contributed by atoms with van der Waals surface area (Å²) in [6.45, 7) is 2.92. The lowest BCUT2D eigenvalue weighted by Crippen LogP contribution is -2.50. The summed E-state index contributed by atoms with van der Waals surface area (Å²) < 4.78 is 48.8. The van der Waals surface area contributed by atoms with E-state index < -0.39 is 11.7 Å². The van der Waals surface area contributed by atoms with Crippen molar-refractivity contribution in [1.29, 1.82) is 0 Å². The fourth-order valence-electron chi connectivity index (χ4n) is 3.16. The number of halogens is 3. The molecule has 31 heavy (non-hydrogen) atoms. The fraction of sp³-hybridized carbons (Fsp3) is 0.381. The minimum Gasteiger partial charge on any atom is -0.493 e. The van der Waals surface area contributed by atoms with Crippen molar-refractivity contribution < 1.29 is 32.2 Å². The molecule has 0 spiro atoms. The Morgan fingerprint density at radius 1 is 1.06 bits per heavy atom. The number of alkyl halides is 3. The smallest absolute Gasteiger partial charge is 0.417 e. The van der Waals surface area contributed by atoms with Gasteiger partial charge in [0, 0.05) is 37.9 Å². The monoisotopic (exact) mass is 437 g/mol. The third kappa shape index (κ3) is 5.44. The van der Waals surface area contributed by atoms with Crippen LogP contribution in [0, 0.1) is 0 Å². The molecular weight excluding hydrogens is 415 g/mol. The van der Waals surface area contributed by atoms with Crippen molar-refractivity contribution in [3.63, 3.8) is 0 Å². The number of piperazine rings is 1. The zero-order valence-corrected chi connectivity index (χ0v) is 17.1. The van der Waals surface area contributed by atoms with Crippen LogP contribution >= 0.6 is 0 Å². The SMILES string of the molecule is COc1cc(C(C)=O)ccc1OCC(=O)N1CCN(c2ccc(C(F)(F)F)cn2)CC1. The Morgan fingerprint density at radius 2 is 1.77 bits per heavy atom. The van der Waals surface area contributed by atoms with Crippen molar-refractivity contribution in [2.75, 3.05) is 44.8 Å². The van der Waals surface area contributed by atoms with Gasteiger partial charge in [-0.15, -0.1) is 0 Å². The highest BCUT2D eigenvalue weighted by atomic mass is 19.4. The summed E-state index contributed by atoms with van der Waals surface area (Å²) in [5.74, 6) is 0.817. The van der Waals surface area contributed by atoms with Crippen molar-refractivity contribution in [3.8, 4) is 11.5 Å². The zero-order chi connectivity index (χ0) is 22.6. The lowest BCUT2D eigenvalue weighted by molar-refractivity contribution is -0.138. The number of aromatic nitrogens is 1. The molecule has 1 aliphatic rings. The van der Waals surface area contributed by atoms with Crippen LogP contribution in [0.2, 0.25) is 0 Å². The highest BCUT2D eigenvalue weighted by molar-refractivity contribution is 5.94. The molecule has 1 fully saturated rings. The second-order valence-corrected chi connectivity index (χ2v) is 6.98. The molecule has 2 heterocycles. The zero-order valence-electron chi connectivity index (χ0n) is 17.1. The van der Waals surface area contributed by atoms with Crippen LogP contribution in [0.5, 0.6) is 11.5 Å². The fourth-order valence-corrected chi connectivity index (χ4v) is 3.16. The first-order chi connectivity index (χ1) is 14.7. The number of nitrogens with zero attached hydrogens (tertiary/aromatic N) is 3. The summed E-state index contributed by atoms with van der Waals surface area (Å²) in [7, 11) is 1.45. The molecule has 1 saturated heterocycles. The summed E-state index contributed by atoms with van der Waals surface area (Å²) in [5.41, 5.74) is -0.322. The number of anilines is 1. The van der Waals surface area contributed by atoms with Crippen molar-refractivity contribution in [2.24, 2.45) is 0 Å². The standard InChI is InChI=1S/C21H22F3N3O4/c1-14(28)15-3-5-17(18(11-15)30-2)31-13-20(29)27-9-7-26(8-10-27)19-6-4-16(12-25-19)21(22,23)24/h3-6,11-12H,7-10,13H2,1-2H3.